The second-order valence-corrected chi connectivity index (χ2v) is 6.88. The Morgan fingerprint density at radius 3 is 2.55 bits per heavy atom. The minimum atomic E-state index is 0.346. The van der Waals surface area contributed by atoms with E-state index >= 15 is 0 Å². The smallest absolute Gasteiger partial charge is 0.0460 e. The summed E-state index contributed by atoms with van der Waals surface area (Å²) in [5.41, 5.74) is 2.67. The Labute approximate surface area is 135 Å². The Balaban J connectivity index is 1.96. The molecule has 0 saturated carbocycles. The van der Waals surface area contributed by atoms with E-state index in [0.717, 1.165) is 32.5 Å². The molecule has 1 aliphatic rings. The van der Waals surface area contributed by atoms with E-state index in [0.29, 0.717) is 24.5 Å². The van der Waals surface area contributed by atoms with Crippen LogP contribution < -0.4 is 5.32 Å². The number of anilines is 1. The normalized spacial score (nSPS) is 19.8. The summed E-state index contributed by atoms with van der Waals surface area (Å²) in [6.45, 7) is 10.4. The number of likely N-dealkylation sites (tertiary alicyclic amines) is 1. The van der Waals surface area contributed by atoms with E-state index in [1.54, 1.807) is 0 Å². The zero-order chi connectivity index (χ0) is 15.9. The van der Waals surface area contributed by atoms with Crippen molar-refractivity contribution in [1.82, 2.24) is 4.90 Å². The van der Waals surface area contributed by atoms with Crippen LogP contribution >= 0.6 is 0 Å². The Morgan fingerprint density at radius 1 is 1.23 bits per heavy atom. The van der Waals surface area contributed by atoms with E-state index in [2.05, 4.69) is 55.3 Å². The minimum absolute atomic E-state index is 0.346. The summed E-state index contributed by atoms with van der Waals surface area (Å²) < 4.78 is 0. The van der Waals surface area contributed by atoms with E-state index in [4.69, 9.17) is 0 Å². The molecule has 1 aromatic carbocycles. The lowest BCUT2D eigenvalue weighted by Gasteiger charge is -2.32. The summed E-state index contributed by atoms with van der Waals surface area (Å²) in [5.74, 6) is 1.18. The Kier molecular flexibility index (Phi) is 6.71. The maximum absolute atomic E-state index is 9.26. The summed E-state index contributed by atoms with van der Waals surface area (Å²) in [7, 11) is 0. The summed E-state index contributed by atoms with van der Waals surface area (Å²) in [5, 5.41) is 13.0. The number of benzene rings is 1. The number of aliphatic hydroxyl groups is 1. The maximum Gasteiger partial charge on any atom is 0.0460 e. The first-order valence-electron chi connectivity index (χ1n) is 8.81. The number of para-hydroxylation sites is 1. The molecule has 0 aromatic heterocycles. The number of hydrogen-bond donors (Lipinski definition) is 2. The second-order valence-electron chi connectivity index (χ2n) is 6.88. The topological polar surface area (TPSA) is 35.5 Å². The largest absolute Gasteiger partial charge is 0.396 e. The van der Waals surface area contributed by atoms with Crippen molar-refractivity contribution >= 4 is 5.69 Å². The highest BCUT2D eigenvalue weighted by Crippen LogP contribution is 2.23. The number of aliphatic hydroxyl groups excluding tert-OH is 1. The van der Waals surface area contributed by atoms with Gasteiger partial charge in [-0.2, -0.15) is 0 Å². The highest BCUT2D eigenvalue weighted by atomic mass is 16.3. The van der Waals surface area contributed by atoms with Gasteiger partial charge in [0.25, 0.3) is 0 Å². The molecule has 124 valence electrons. The van der Waals surface area contributed by atoms with E-state index in [-0.39, 0.29) is 0 Å². The number of hydrogen-bond acceptors (Lipinski definition) is 3. The molecule has 1 fully saturated rings. The Hall–Kier alpha value is -1.06. The van der Waals surface area contributed by atoms with Gasteiger partial charge < -0.3 is 10.4 Å². The average Bonchev–Trinajstić information content (AvgIpc) is 2.56. The quantitative estimate of drug-likeness (QED) is 0.805. The van der Waals surface area contributed by atoms with Gasteiger partial charge in [0.2, 0.25) is 0 Å². The third kappa shape index (κ3) is 4.72. The van der Waals surface area contributed by atoms with Gasteiger partial charge in [0, 0.05) is 24.9 Å². The van der Waals surface area contributed by atoms with E-state index in [1.807, 2.05) is 0 Å². The van der Waals surface area contributed by atoms with Crippen molar-refractivity contribution in [3.8, 4) is 0 Å². The van der Waals surface area contributed by atoms with Crippen LogP contribution in [0.15, 0.2) is 24.3 Å². The first-order chi connectivity index (χ1) is 10.6. The van der Waals surface area contributed by atoms with Crippen LogP contribution in [0.25, 0.3) is 0 Å². The van der Waals surface area contributed by atoms with Crippen LogP contribution in [0.1, 0.15) is 45.6 Å². The fourth-order valence-corrected chi connectivity index (χ4v) is 3.11. The van der Waals surface area contributed by atoms with Crippen LogP contribution in [0.4, 0.5) is 5.69 Å². The molecule has 1 saturated heterocycles. The van der Waals surface area contributed by atoms with Crippen molar-refractivity contribution in [3.63, 3.8) is 0 Å². The summed E-state index contributed by atoms with van der Waals surface area (Å²) >= 11 is 0. The van der Waals surface area contributed by atoms with E-state index in [1.165, 1.54) is 17.7 Å². The molecule has 0 spiro atoms. The minimum Gasteiger partial charge on any atom is -0.396 e. The molecule has 0 aliphatic carbocycles. The summed E-state index contributed by atoms with van der Waals surface area (Å²) in [6.07, 6.45) is 3.44. The van der Waals surface area contributed by atoms with Crippen molar-refractivity contribution in [2.45, 2.75) is 52.6 Å². The molecule has 3 nitrogen and oxygen atoms in total. The van der Waals surface area contributed by atoms with Crippen molar-refractivity contribution < 1.29 is 5.11 Å². The molecule has 0 amide bonds. The van der Waals surface area contributed by atoms with Gasteiger partial charge in [-0.05, 0) is 56.3 Å². The van der Waals surface area contributed by atoms with Crippen LogP contribution in [-0.4, -0.2) is 35.7 Å². The van der Waals surface area contributed by atoms with Gasteiger partial charge in [0.05, 0.1) is 0 Å². The Morgan fingerprint density at radius 2 is 1.91 bits per heavy atom. The van der Waals surface area contributed by atoms with Gasteiger partial charge in [0.1, 0.15) is 0 Å². The van der Waals surface area contributed by atoms with Crippen LogP contribution in [0, 0.1) is 11.8 Å². The second kappa shape index (κ2) is 8.54. The lowest BCUT2D eigenvalue weighted by molar-refractivity contribution is 0.127. The summed E-state index contributed by atoms with van der Waals surface area (Å²) in [4.78, 5) is 2.51. The van der Waals surface area contributed by atoms with E-state index in [9.17, 15) is 5.11 Å². The SMILES string of the molecule is CCC(C)C(C)Nc1ccccc1CN1CCC(CO)CC1. The average molecular weight is 304 g/mol. The molecule has 1 aromatic rings. The zero-order valence-electron chi connectivity index (χ0n) is 14.4. The van der Waals surface area contributed by atoms with Gasteiger partial charge in [-0.15, -0.1) is 0 Å². The molecule has 2 unspecified atom stereocenters. The predicted molar refractivity (Wildman–Crippen MR) is 94.1 cm³/mol. The highest BCUT2D eigenvalue weighted by molar-refractivity contribution is 5.51. The highest BCUT2D eigenvalue weighted by Gasteiger charge is 2.19. The van der Waals surface area contributed by atoms with Gasteiger partial charge in [0.15, 0.2) is 0 Å². The zero-order valence-corrected chi connectivity index (χ0v) is 14.4. The van der Waals surface area contributed by atoms with Crippen molar-refractivity contribution in [1.29, 1.82) is 0 Å². The molecule has 1 aliphatic heterocycles. The van der Waals surface area contributed by atoms with E-state index < -0.39 is 0 Å². The third-order valence-electron chi connectivity index (χ3n) is 5.26. The van der Waals surface area contributed by atoms with Crippen LogP contribution in [0.2, 0.25) is 0 Å². The molecule has 2 atom stereocenters. The van der Waals surface area contributed by atoms with Crippen molar-refractivity contribution in [2.24, 2.45) is 11.8 Å². The molecular formula is C19H32N2O. The standard InChI is InChI=1S/C19H32N2O/c1-4-15(2)16(3)20-19-8-6-5-7-18(19)13-21-11-9-17(14-22)10-12-21/h5-8,15-17,20,22H,4,9-14H2,1-3H3. The molecular weight excluding hydrogens is 272 g/mol. The number of nitrogens with zero attached hydrogens (tertiary/aromatic N) is 1. The number of nitrogens with one attached hydrogen (secondary N) is 1. The first-order valence-corrected chi connectivity index (χ1v) is 8.81. The molecule has 1 heterocycles. The lowest BCUT2D eigenvalue weighted by atomic mass is 9.97. The van der Waals surface area contributed by atoms with Gasteiger partial charge in [-0.1, -0.05) is 38.5 Å². The molecule has 2 rings (SSSR count). The van der Waals surface area contributed by atoms with Crippen LogP contribution in [0.5, 0.6) is 0 Å². The Bertz CT molecular complexity index is 441. The maximum atomic E-state index is 9.26. The lowest BCUT2D eigenvalue weighted by Crippen LogP contribution is -2.34. The van der Waals surface area contributed by atoms with Gasteiger partial charge in [-0.3, -0.25) is 4.90 Å². The van der Waals surface area contributed by atoms with Gasteiger partial charge >= 0.3 is 0 Å². The molecule has 2 N–H and O–H groups in total. The first kappa shape index (κ1) is 17.3. The fraction of sp³-hybridized carbons (Fsp3) is 0.684. The monoisotopic (exact) mass is 304 g/mol. The van der Waals surface area contributed by atoms with Crippen molar-refractivity contribution in [2.75, 3.05) is 25.0 Å². The predicted octanol–water partition coefficient (Wildman–Crippen LogP) is 3.74. The molecule has 0 bridgehead atoms. The third-order valence-corrected chi connectivity index (χ3v) is 5.26. The van der Waals surface area contributed by atoms with Gasteiger partial charge in [-0.25, -0.2) is 0 Å². The fourth-order valence-electron chi connectivity index (χ4n) is 3.11. The number of piperidine rings is 1. The number of rotatable bonds is 7. The van der Waals surface area contributed by atoms with Crippen molar-refractivity contribution in [3.05, 3.63) is 29.8 Å². The molecule has 3 heteroatoms. The van der Waals surface area contributed by atoms with Crippen LogP contribution in [0.3, 0.4) is 0 Å². The van der Waals surface area contributed by atoms with Crippen LogP contribution in [-0.2, 0) is 6.54 Å². The molecule has 0 radical (unpaired) electrons. The molecule has 22 heavy (non-hydrogen) atoms. The summed E-state index contributed by atoms with van der Waals surface area (Å²) in [6, 6.07) is 9.19.